The lowest BCUT2D eigenvalue weighted by Gasteiger charge is -2.21. The van der Waals surface area contributed by atoms with Gasteiger partial charge in [-0.05, 0) is 24.6 Å². The summed E-state index contributed by atoms with van der Waals surface area (Å²) >= 11 is 0. The van der Waals surface area contributed by atoms with Crippen LogP contribution in [0.3, 0.4) is 0 Å². The number of esters is 1. The maximum Gasteiger partial charge on any atom is 0.311 e. The van der Waals surface area contributed by atoms with Crippen LogP contribution in [0, 0.1) is 0 Å². The summed E-state index contributed by atoms with van der Waals surface area (Å²) in [6.07, 6.45) is 1.28. The van der Waals surface area contributed by atoms with Gasteiger partial charge < -0.3 is 15.4 Å². The van der Waals surface area contributed by atoms with Gasteiger partial charge in [0.2, 0.25) is 5.91 Å². The minimum Gasteiger partial charge on any atom is -0.466 e. The summed E-state index contributed by atoms with van der Waals surface area (Å²) in [7, 11) is 0. The molecule has 2 aromatic rings. The highest BCUT2D eigenvalue weighted by Gasteiger charge is 2.24. The van der Waals surface area contributed by atoms with E-state index in [1.165, 1.54) is 11.0 Å². The number of carbonyl (C=O) groups excluding carboxylic acids is 3. The van der Waals surface area contributed by atoms with Gasteiger partial charge in [0.15, 0.2) is 0 Å². The molecule has 0 spiro atoms. The molecule has 2 N–H and O–H groups in total. The van der Waals surface area contributed by atoms with Gasteiger partial charge in [-0.15, -0.1) is 0 Å². The van der Waals surface area contributed by atoms with Gasteiger partial charge >= 0.3 is 5.97 Å². The van der Waals surface area contributed by atoms with Crippen molar-refractivity contribution in [2.24, 2.45) is 0 Å². The Labute approximate surface area is 169 Å². The van der Waals surface area contributed by atoms with E-state index in [4.69, 9.17) is 4.74 Å². The number of carbonyl (C=O) groups is 3. The number of fused-ring (bicyclic) bond motifs is 1. The van der Waals surface area contributed by atoms with Crippen LogP contribution in [0.2, 0.25) is 0 Å². The van der Waals surface area contributed by atoms with Crippen molar-refractivity contribution in [1.29, 1.82) is 0 Å². The first-order valence-electron chi connectivity index (χ1n) is 9.41. The van der Waals surface area contributed by atoms with Crippen LogP contribution in [0.25, 0.3) is 0 Å². The lowest BCUT2D eigenvalue weighted by Crippen LogP contribution is -2.39. The third-order valence-corrected chi connectivity index (χ3v) is 4.33. The highest BCUT2D eigenvalue weighted by molar-refractivity contribution is 6.09. The number of nitrogens with one attached hydrogen (secondary N) is 2. The normalized spacial score (nSPS) is 12.9. The van der Waals surface area contributed by atoms with E-state index in [0.717, 1.165) is 5.56 Å². The second-order valence-corrected chi connectivity index (χ2v) is 6.48. The standard InChI is InChI=1S/C22H23N3O4/c1-2-29-22(28)13-17-12-21(27)25(19-11-7-6-10-18(19)24-17)15-20(26)23-14-16-8-4-3-5-9-16/h3-12,24H,2,13-15H2,1H3,(H,23,26). The smallest absolute Gasteiger partial charge is 0.311 e. The van der Waals surface area contributed by atoms with Gasteiger partial charge in [-0.3, -0.25) is 19.3 Å². The van der Waals surface area contributed by atoms with Gasteiger partial charge in [0.25, 0.3) is 5.91 Å². The van der Waals surface area contributed by atoms with Crippen LogP contribution < -0.4 is 15.5 Å². The van der Waals surface area contributed by atoms with E-state index in [2.05, 4.69) is 10.6 Å². The Bertz CT molecular complexity index is 925. The SMILES string of the molecule is CCOC(=O)CC1=CC(=O)N(CC(=O)NCc2ccccc2)c2ccccc2N1. The van der Waals surface area contributed by atoms with Gasteiger partial charge in [0.05, 0.1) is 24.4 Å². The van der Waals surface area contributed by atoms with Gasteiger partial charge in [-0.25, -0.2) is 0 Å². The molecule has 0 unspecified atom stereocenters. The first-order valence-corrected chi connectivity index (χ1v) is 9.41. The molecule has 0 saturated carbocycles. The van der Waals surface area contributed by atoms with Gasteiger partial charge in [-0.1, -0.05) is 42.5 Å². The summed E-state index contributed by atoms with van der Waals surface area (Å²) in [5.41, 5.74) is 2.61. The van der Waals surface area contributed by atoms with E-state index >= 15 is 0 Å². The number of nitrogens with zero attached hydrogens (tertiary/aromatic N) is 1. The first-order chi connectivity index (χ1) is 14.1. The zero-order chi connectivity index (χ0) is 20.6. The van der Waals surface area contributed by atoms with Gasteiger partial charge in [0.1, 0.15) is 6.54 Å². The van der Waals surface area contributed by atoms with Crippen molar-refractivity contribution < 1.29 is 19.1 Å². The van der Waals surface area contributed by atoms with Crippen molar-refractivity contribution in [3.63, 3.8) is 0 Å². The lowest BCUT2D eigenvalue weighted by molar-refractivity contribution is -0.142. The number of amides is 2. The highest BCUT2D eigenvalue weighted by atomic mass is 16.5. The molecule has 0 bridgehead atoms. The molecule has 0 fully saturated rings. The molecular weight excluding hydrogens is 370 g/mol. The molecule has 0 saturated heterocycles. The fourth-order valence-electron chi connectivity index (χ4n) is 2.99. The minimum atomic E-state index is -0.425. The topological polar surface area (TPSA) is 87.7 Å². The fourth-order valence-corrected chi connectivity index (χ4v) is 2.99. The second-order valence-electron chi connectivity index (χ2n) is 6.48. The van der Waals surface area contributed by atoms with Crippen LogP contribution in [0.1, 0.15) is 18.9 Å². The van der Waals surface area contributed by atoms with Crippen LogP contribution >= 0.6 is 0 Å². The summed E-state index contributed by atoms with van der Waals surface area (Å²) in [6, 6.07) is 16.7. The summed E-state index contributed by atoms with van der Waals surface area (Å²) in [4.78, 5) is 38.5. The molecule has 1 aliphatic heterocycles. The number of para-hydroxylation sites is 2. The maximum atomic E-state index is 12.8. The number of anilines is 2. The van der Waals surface area contributed by atoms with Crippen LogP contribution in [0.4, 0.5) is 11.4 Å². The molecule has 2 aromatic carbocycles. The number of ether oxygens (including phenoxy) is 1. The third kappa shape index (κ3) is 5.44. The molecule has 7 nitrogen and oxygen atoms in total. The third-order valence-electron chi connectivity index (χ3n) is 4.33. The zero-order valence-corrected chi connectivity index (χ0v) is 16.2. The Hall–Kier alpha value is -3.61. The van der Waals surface area contributed by atoms with E-state index in [9.17, 15) is 14.4 Å². The Morgan fingerprint density at radius 3 is 2.55 bits per heavy atom. The zero-order valence-electron chi connectivity index (χ0n) is 16.2. The Kier molecular flexibility index (Phi) is 6.63. The van der Waals surface area contributed by atoms with E-state index in [1.807, 2.05) is 36.4 Å². The molecule has 1 heterocycles. The average molecular weight is 393 g/mol. The van der Waals surface area contributed by atoms with Crippen LogP contribution in [-0.2, 0) is 25.7 Å². The molecule has 1 aliphatic rings. The van der Waals surface area contributed by atoms with Gasteiger partial charge in [-0.2, -0.15) is 0 Å². The molecular formula is C22H23N3O4. The number of benzene rings is 2. The Morgan fingerprint density at radius 2 is 1.79 bits per heavy atom. The average Bonchev–Trinajstić information content (AvgIpc) is 2.84. The van der Waals surface area contributed by atoms with E-state index in [1.54, 1.807) is 25.1 Å². The lowest BCUT2D eigenvalue weighted by atomic mass is 10.2. The van der Waals surface area contributed by atoms with Crippen molar-refractivity contribution in [1.82, 2.24) is 5.32 Å². The van der Waals surface area contributed by atoms with Crippen molar-refractivity contribution in [3.8, 4) is 0 Å². The summed E-state index contributed by atoms with van der Waals surface area (Å²) in [5.74, 6) is -1.08. The molecule has 0 atom stereocenters. The molecule has 150 valence electrons. The van der Waals surface area contributed by atoms with Crippen molar-refractivity contribution in [3.05, 3.63) is 71.9 Å². The second kappa shape index (κ2) is 9.54. The molecule has 2 amide bonds. The minimum absolute atomic E-state index is 0.0536. The van der Waals surface area contributed by atoms with E-state index in [-0.39, 0.29) is 31.4 Å². The summed E-state index contributed by atoms with van der Waals surface area (Å²) in [5, 5.41) is 5.94. The Balaban J connectivity index is 1.74. The number of hydrogen-bond acceptors (Lipinski definition) is 5. The largest absolute Gasteiger partial charge is 0.466 e. The fraction of sp³-hybridized carbons (Fsp3) is 0.227. The van der Waals surface area contributed by atoms with Crippen LogP contribution in [0.5, 0.6) is 0 Å². The Morgan fingerprint density at radius 1 is 1.07 bits per heavy atom. The monoisotopic (exact) mass is 393 g/mol. The number of hydrogen-bond donors (Lipinski definition) is 2. The molecule has 0 aromatic heterocycles. The van der Waals surface area contributed by atoms with Crippen molar-refractivity contribution >= 4 is 29.2 Å². The first kappa shape index (κ1) is 20.1. The van der Waals surface area contributed by atoms with E-state index in [0.29, 0.717) is 23.6 Å². The molecule has 3 rings (SSSR count). The van der Waals surface area contributed by atoms with E-state index < -0.39 is 5.97 Å². The predicted molar refractivity (Wildman–Crippen MR) is 110 cm³/mol. The quantitative estimate of drug-likeness (QED) is 0.706. The molecule has 29 heavy (non-hydrogen) atoms. The maximum absolute atomic E-state index is 12.8. The van der Waals surface area contributed by atoms with Crippen LogP contribution in [-0.4, -0.2) is 30.9 Å². The summed E-state index contributed by atoms with van der Waals surface area (Å²) in [6.45, 7) is 2.24. The molecule has 0 radical (unpaired) electrons. The molecule has 7 heteroatoms. The van der Waals surface area contributed by atoms with Crippen molar-refractivity contribution in [2.75, 3.05) is 23.4 Å². The molecule has 0 aliphatic carbocycles. The predicted octanol–water partition coefficient (Wildman–Crippen LogP) is 2.60. The van der Waals surface area contributed by atoms with Gasteiger partial charge in [0, 0.05) is 18.3 Å². The number of rotatable bonds is 7. The summed E-state index contributed by atoms with van der Waals surface area (Å²) < 4.78 is 4.97. The van der Waals surface area contributed by atoms with Crippen molar-refractivity contribution in [2.45, 2.75) is 19.9 Å². The van der Waals surface area contributed by atoms with Crippen LogP contribution in [0.15, 0.2) is 66.4 Å². The highest BCUT2D eigenvalue weighted by Crippen LogP contribution is 2.30.